The van der Waals surface area contributed by atoms with Gasteiger partial charge in [0.1, 0.15) is 0 Å². The van der Waals surface area contributed by atoms with Gasteiger partial charge in [-0.25, -0.2) is 0 Å². The molecule has 0 aliphatic heterocycles. The second-order valence-electron chi connectivity index (χ2n) is 5.39. The van der Waals surface area contributed by atoms with Crippen molar-refractivity contribution in [3.8, 4) is 0 Å². The molecule has 0 spiro atoms. The summed E-state index contributed by atoms with van der Waals surface area (Å²) in [6, 6.07) is 14.2. The predicted octanol–water partition coefficient (Wildman–Crippen LogP) is 2.76. The minimum Gasteiger partial charge on any atom is -0.393 e. The lowest BCUT2D eigenvalue weighted by Crippen LogP contribution is -2.36. The zero-order valence-corrected chi connectivity index (χ0v) is 13.2. The fourth-order valence-electron chi connectivity index (χ4n) is 2.35. The van der Waals surface area contributed by atoms with E-state index in [0.717, 1.165) is 16.3 Å². The third kappa shape index (κ3) is 3.79. The second kappa shape index (κ2) is 6.68. The standard InChI is InChI=1S/C17H20N2OS/c1-12(17(18)21)11-19(2)16(20)10-14-8-5-7-13-6-3-4-9-15(13)14/h3-9,12H,10-11H2,1-2H3,(H2,18,21). The Labute approximate surface area is 130 Å². The lowest BCUT2D eigenvalue weighted by molar-refractivity contribution is -0.129. The summed E-state index contributed by atoms with van der Waals surface area (Å²) in [6.07, 6.45) is 0.391. The molecule has 0 radical (unpaired) electrons. The van der Waals surface area contributed by atoms with E-state index in [4.69, 9.17) is 18.0 Å². The Morgan fingerprint density at radius 3 is 2.62 bits per heavy atom. The van der Waals surface area contributed by atoms with Gasteiger partial charge in [-0.3, -0.25) is 4.79 Å². The monoisotopic (exact) mass is 300 g/mol. The summed E-state index contributed by atoms with van der Waals surface area (Å²) in [7, 11) is 1.79. The molecule has 1 atom stereocenters. The number of amides is 1. The van der Waals surface area contributed by atoms with Crippen LogP contribution in [0.2, 0.25) is 0 Å². The molecular weight excluding hydrogens is 280 g/mol. The number of likely N-dealkylation sites (N-methyl/N-ethyl adjacent to an activating group) is 1. The Kier molecular flexibility index (Phi) is 4.91. The molecule has 0 aromatic heterocycles. The van der Waals surface area contributed by atoms with Crippen molar-refractivity contribution < 1.29 is 4.79 Å². The summed E-state index contributed by atoms with van der Waals surface area (Å²) in [5.41, 5.74) is 6.65. The number of nitrogens with zero attached hydrogens (tertiary/aromatic N) is 1. The zero-order valence-electron chi connectivity index (χ0n) is 12.4. The number of rotatable bonds is 5. The summed E-state index contributed by atoms with van der Waals surface area (Å²) in [6.45, 7) is 2.49. The van der Waals surface area contributed by atoms with Crippen molar-refractivity contribution in [3.05, 3.63) is 48.0 Å². The van der Waals surface area contributed by atoms with Crippen LogP contribution >= 0.6 is 12.2 Å². The van der Waals surface area contributed by atoms with E-state index in [-0.39, 0.29) is 11.8 Å². The summed E-state index contributed by atoms with van der Waals surface area (Å²) in [5, 5.41) is 2.28. The van der Waals surface area contributed by atoms with Gasteiger partial charge >= 0.3 is 0 Å². The number of thiocarbonyl (C=S) groups is 1. The molecule has 21 heavy (non-hydrogen) atoms. The molecular formula is C17H20N2OS. The van der Waals surface area contributed by atoms with Gasteiger partial charge in [0.15, 0.2) is 0 Å². The molecule has 0 heterocycles. The van der Waals surface area contributed by atoms with Crippen molar-refractivity contribution in [3.63, 3.8) is 0 Å². The first-order chi connectivity index (χ1) is 9.99. The van der Waals surface area contributed by atoms with Crippen molar-refractivity contribution in [2.24, 2.45) is 11.7 Å². The van der Waals surface area contributed by atoms with Gasteiger partial charge in [0.2, 0.25) is 5.91 Å². The number of hydrogen-bond donors (Lipinski definition) is 1. The normalized spacial score (nSPS) is 12.1. The average Bonchev–Trinajstić information content (AvgIpc) is 2.47. The van der Waals surface area contributed by atoms with Gasteiger partial charge in [-0.1, -0.05) is 61.6 Å². The third-order valence-corrected chi connectivity index (χ3v) is 4.08. The van der Waals surface area contributed by atoms with Crippen molar-refractivity contribution in [2.75, 3.05) is 13.6 Å². The van der Waals surface area contributed by atoms with Gasteiger partial charge in [-0.15, -0.1) is 0 Å². The molecule has 4 heteroatoms. The largest absolute Gasteiger partial charge is 0.393 e. The van der Waals surface area contributed by atoms with Crippen LogP contribution in [0.1, 0.15) is 12.5 Å². The maximum atomic E-state index is 12.4. The van der Waals surface area contributed by atoms with Crippen LogP contribution in [0.4, 0.5) is 0 Å². The molecule has 110 valence electrons. The summed E-state index contributed by atoms with van der Waals surface area (Å²) >= 11 is 4.96. The van der Waals surface area contributed by atoms with Crippen LogP contribution in [-0.4, -0.2) is 29.4 Å². The van der Waals surface area contributed by atoms with E-state index in [2.05, 4.69) is 18.2 Å². The highest BCUT2D eigenvalue weighted by Crippen LogP contribution is 2.19. The first-order valence-electron chi connectivity index (χ1n) is 6.99. The zero-order chi connectivity index (χ0) is 15.4. The first-order valence-corrected chi connectivity index (χ1v) is 7.39. The number of benzene rings is 2. The third-order valence-electron chi connectivity index (χ3n) is 3.68. The minimum absolute atomic E-state index is 0.0291. The lowest BCUT2D eigenvalue weighted by Gasteiger charge is -2.21. The maximum Gasteiger partial charge on any atom is 0.226 e. The van der Waals surface area contributed by atoms with E-state index in [9.17, 15) is 4.79 Å². The van der Waals surface area contributed by atoms with Crippen LogP contribution in [0.5, 0.6) is 0 Å². The van der Waals surface area contributed by atoms with Gasteiger partial charge in [0.05, 0.1) is 11.4 Å². The lowest BCUT2D eigenvalue weighted by atomic mass is 10.0. The van der Waals surface area contributed by atoms with Gasteiger partial charge in [0.25, 0.3) is 0 Å². The van der Waals surface area contributed by atoms with Crippen LogP contribution in [0, 0.1) is 5.92 Å². The molecule has 1 unspecified atom stereocenters. The molecule has 2 aromatic carbocycles. The van der Waals surface area contributed by atoms with Crippen LogP contribution in [-0.2, 0) is 11.2 Å². The van der Waals surface area contributed by atoms with Crippen molar-refractivity contribution in [1.29, 1.82) is 0 Å². The number of fused-ring (bicyclic) bond motifs is 1. The Morgan fingerprint density at radius 1 is 1.24 bits per heavy atom. The van der Waals surface area contributed by atoms with Gasteiger partial charge in [-0.05, 0) is 16.3 Å². The van der Waals surface area contributed by atoms with Gasteiger partial charge in [0, 0.05) is 19.5 Å². The van der Waals surface area contributed by atoms with Gasteiger partial charge in [-0.2, -0.15) is 0 Å². The molecule has 0 saturated carbocycles. The fraction of sp³-hybridized carbons (Fsp3) is 0.294. The molecule has 0 bridgehead atoms. The van der Waals surface area contributed by atoms with Crippen molar-refractivity contribution in [2.45, 2.75) is 13.3 Å². The molecule has 0 fully saturated rings. The van der Waals surface area contributed by atoms with E-state index in [1.54, 1.807) is 11.9 Å². The number of carbonyl (C=O) groups is 1. The van der Waals surface area contributed by atoms with E-state index in [1.807, 2.05) is 31.2 Å². The molecule has 0 aliphatic carbocycles. The number of carbonyl (C=O) groups excluding carboxylic acids is 1. The van der Waals surface area contributed by atoms with Crippen LogP contribution < -0.4 is 5.73 Å². The molecule has 2 aromatic rings. The van der Waals surface area contributed by atoms with E-state index >= 15 is 0 Å². The highest BCUT2D eigenvalue weighted by Gasteiger charge is 2.15. The highest BCUT2D eigenvalue weighted by molar-refractivity contribution is 7.80. The van der Waals surface area contributed by atoms with Gasteiger partial charge < -0.3 is 10.6 Å². The smallest absolute Gasteiger partial charge is 0.226 e. The average molecular weight is 300 g/mol. The fourth-order valence-corrected chi connectivity index (χ4v) is 2.42. The highest BCUT2D eigenvalue weighted by atomic mass is 32.1. The second-order valence-corrected chi connectivity index (χ2v) is 5.86. The van der Waals surface area contributed by atoms with Crippen LogP contribution in [0.15, 0.2) is 42.5 Å². The Morgan fingerprint density at radius 2 is 1.90 bits per heavy atom. The molecule has 3 nitrogen and oxygen atoms in total. The molecule has 2 N–H and O–H groups in total. The molecule has 1 amide bonds. The first kappa shape index (κ1) is 15.4. The van der Waals surface area contributed by atoms with Crippen LogP contribution in [0.25, 0.3) is 10.8 Å². The predicted molar refractivity (Wildman–Crippen MR) is 91.2 cm³/mol. The minimum atomic E-state index is 0.0291. The SMILES string of the molecule is CC(CN(C)C(=O)Cc1cccc2ccccc12)C(N)=S. The topological polar surface area (TPSA) is 46.3 Å². The number of hydrogen-bond acceptors (Lipinski definition) is 2. The molecule has 0 aliphatic rings. The van der Waals surface area contributed by atoms with E-state index in [1.165, 1.54) is 0 Å². The summed E-state index contributed by atoms with van der Waals surface area (Å²) in [4.78, 5) is 14.5. The summed E-state index contributed by atoms with van der Waals surface area (Å²) < 4.78 is 0. The Balaban J connectivity index is 2.13. The maximum absolute atomic E-state index is 12.4. The van der Waals surface area contributed by atoms with Crippen molar-refractivity contribution >= 4 is 33.9 Å². The molecule has 2 rings (SSSR count). The van der Waals surface area contributed by atoms with E-state index in [0.29, 0.717) is 18.0 Å². The van der Waals surface area contributed by atoms with Crippen molar-refractivity contribution in [1.82, 2.24) is 4.90 Å². The van der Waals surface area contributed by atoms with Crippen LogP contribution in [0.3, 0.4) is 0 Å². The number of nitrogens with two attached hydrogens (primary N) is 1. The quantitative estimate of drug-likeness (QED) is 0.864. The Hall–Kier alpha value is -1.94. The Bertz CT molecular complexity index is 663. The molecule has 0 saturated heterocycles. The van der Waals surface area contributed by atoms with E-state index < -0.39 is 0 Å². The summed E-state index contributed by atoms with van der Waals surface area (Å²) in [5.74, 6) is 0.107.